The van der Waals surface area contributed by atoms with Gasteiger partial charge in [-0.1, -0.05) is 19.9 Å². The molecule has 0 aliphatic carbocycles. The van der Waals surface area contributed by atoms with E-state index in [2.05, 4.69) is 9.88 Å². The first-order valence-electron chi connectivity index (χ1n) is 11.5. The van der Waals surface area contributed by atoms with Crippen LogP contribution in [0.5, 0.6) is 0 Å². The summed E-state index contributed by atoms with van der Waals surface area (Å²) in [6, 6.07) is 10.2. The number of pyridine rings is 1. The van der Waals surface area contributed by atoms with E-state index in [0.29, 0.717) is 29.1 Å². The minimum atomic E-state index is -0.889. The molecule has 35 heavy (non-hydrogen) atoms. The molecule has 0 unspecified atom stereocenters. The van der Waals surface area contributed by atoms with E-state index in [0.717, 1.165) is 13.1 Å². The van der Waals surface area contributed by atoms with Crippen LogP contribution in [0.25, 0.3) is 11.4 Å². The molecule has 1 saturated heterocycles. The number of hydrogen-bond acceptors (Lipinski definition) is 7. The summed E-state index contributed by atoms with van der Waals surface area (Å²) in [6.45, 7) is 8.11. The van der Waals surface area contributed by atoms with E-state index in [1.165, 1.54) is 29.2 Å². The van der Waals surface area contributed by atoms with Crippen molar-refractivity contribution in [2.75, 3.05) is 26.2 Å². The summed E-state index contributed by atoms with van der Waals surface area (Å²) in [5.41, 5.74) is 1.76. The van der Waals surface area contributed by atoms with Crippen molar-refractivity contribution >= 4 is 28.8 Å². The quantitative estimate of drug-likeness (QED) is 0.174. The van der Waals surface area contributed by atoms with E-state index < -0.39 is 22.7 Å². The molecule has 1 amide bonds. The van der Waals surface area contributed by atoms with Crippen LogP contribution >= 0.6 is 0 Å². The Labute approximate surface area is 202 Å². The second-order valence-corrected chi connectivity index (χ2v) is 8.34. The first-order chi connectivity index (χ1) is 16.8. The monoisotopic (exact) mass is 477 g/mol. The van der Waals surface area contributed by atoms with Crippen molar-refractivity contribution in [3.63, 3.8) is 0 Å². The third-order valence-electron chi connectivity index (χ3n) is 6.44. The van der Waals surface area contributed by atoms with Gasteiger partial charge in [-0.25, -0.2) is 4.98 Å². The normalized spacial score (nSPS) is 17.6. The van der Waals surface area contributed by atoms with Gasteiger partial charge < -0.3 is 14.9 Å². The summed E-state index contributed by atoms with van der Waals surface area (Å²) in [6.07, 6.45) is 1.72. The number of non-ortho nitro benzene ring substituents is 1. The van der Waals surface area contributed by atoms with Crippen LogP contribution in [0.15, 0.2) is 54.2 Å². The van der Waals surface area contributed by atoms with Crippen LogP contribution in [0.4, 0.5) is 5.69 Å². The van der Waals surface area contributed by atoms with E-state index in [-0.39, 0.29) is 23.6 Å². The number of aliphatic hydroxyl groups is 1. The fourth-order valence-corrected chi connectivity index (χ4v) is 4.55. The number of rotatable bonds is 8. The minimum Gasteiger partial charge on any atom is -0.505 e. The smallest absolute Gasteiger partial charge is 0.295 e. The summed E-state index contributed by atoms with van der Waals surface area (Å²) < 4.78 is 1.67. The van der Waals surface area contributed by atoms with Crippen LogP contribution in [-0.4, -0.2) is 67.1 Å². The van der Waals surface area contributed by atoms with Crippen molar-refractivity contribution in [3.8, 4) is 0 Å². The standard InChI is InChI=1S/C25H27N5O5/c1-4-27(5-2)14-15-29-22(17-9-11-18(12-10-17)30(34)35)20(24(32)25(29)33)23(31)21-16(3)26-19-8-6-7-13-28(19)21/h6-13,22,31H,4-5,14-15H2,1-3H3/b23-20+/t22-/m1/s1. The highest BCUT2D eigenvalue weighted by Gasteiger charge is 2.46. The molecule has 3 aromatic rings. The second-order valence-electron chi connectivity index (χ2n) is 8.34. The van der Waals surface area contributed by atoms with Crippen molar-refractivity contribution in [1.82, 2.24) is 19.2 Å². The number of Topliss-reactive ketones (excluding diaryl/α,β-unsaturated/α-hetero) is 1. The van der Waals surface area contributed by atoms with Gasteiger partial charge >= 0.3 is 0 Å². The number of aromatic nitrogens is 2. The number of fused-ring (bicyclic) bond motifs is 1. The van der Waals surface area contributed by atoms with Crippen LogP contribution < -0.4 is 0 Å². The number of benzene rings is 1. The Bertz CT molecular complexity index is 1320. The third kappa shape index (κ3) is 4.28. The van der Waals surface area contributed by atoms with Gasteiger partial charge in [0.2, 0.25) is 0 Å². The van der Waals surface area contributed by atoms with E-state index in [9.17, 15) is 24.8 Å². The number of aliphatic hydroxyl groups excluding tert-OH is 1. The molecule has 1 aromatic carbocycles. The molecule has 1 atom stereocenters. The average molecular weight is 478 g/mol. The number of likely N-dealkylation sites (N-methyl/N-ethyl adjacent to an activating group) is 1. The van der Waals surface area contributed by atoms with Crippen molar-refractivity contribution in [3.05, 3.63) is 81.3 Å². The largest absolute Gasteiger partial charge is 0.505 e. The lowest BCUT2D eigenvalue weighted by molar-refractivity contribution is -0.384. The van der Waals surface area contributed by atoms with Crippen LogP contribution in [0.3, 0.4) is 0 Å². The van der Waals surface area contributed by atoms with Crippen molar-refractivity contribution < 1.29 is 19.6 Å². The van der Waals surface area contributed by atoms with Gasteiger partial charge in [-0.3, -0.25) is 24.1 Å². The number of aryl methyl sites for hydroxylation is 1. The Hall–Kier alpha value is -4.05. The van der Waals surface area contributed by atoms with E-state index in [1.54, 1.807) is 29.7 Å². The molecule has 1 N–H and O–H groups in total. The van der Waals surface area contributed by atoms with Gasteiger partial charge in [0.25, 0.3) is 17.4 Å². The van der Waals surface area contributed by atoms with Crippen molar-refractivity contribution in [1.29, 1.82) is 0 Å². The van der Waals surface area contributed by atoms with Gasteiger partial charge in [0.05, 0.1) is 22.2 Å². The minimum absolute atomic E-state index is 0.0582. The molecular formula is C25H27N5O5. The molecule has 10 heteroatoms. The van der Waals surface area contributed by atoms with Gasteiger partial charge in [0, 0.05) is 31.4 Å². The van der Waals surface area contributed by atoms with E-state index in [4.69, 9.17) is 0 Å². The zero-order chi connectivity index (χ0) is 25.3. The molecule has 182 valence electrons. The fraction of sp³-hybridized carbons (Fsp3) is 0.320. The van der Waals surface area contributed by atoms with E-state index in [1.807, 2.05) is 19.9 Å². The van der Waals surface area contributed by atoms with Gasteiger partial charge in [-0.05, 0) is 49.8 Å². The molecule has 10 nitrogen and oxygen atoms in total. The van der Waals surface area contributed by atoms with Gasteiger partial charge in [-0.2, -0.15) is 0 Å². The number of nitro groups is 1. The van der Waals surface area contributed by atoms with Gasteiger partial charge in [-0.15, -0.1) is 0 Å². The molecule has 2 aromatic heterocycles. The molecule has 3 heterocycles. The molecule has 1 aliphatic rings. The molecular weight excluding hydrogens is 450 g/mol. The molecule has 1 fully saturated rings. The Kier molecular flexibility index (Phi) is 6.65. The zero-order valence-electron chi connectivity index (χ0n) is 19.8. The summed E-state index contributed by atoms with van der Waals surface area (Å²) in [5, 5.41) is 22.6. The number of hydrogen-bond donors (Lipinski definition) is 1. The number of likely N-dealkylation sites (tertiary alicyclic amines) is 1. The molecule has 4 rings (SSSR count). The highest BCUT2D eigenvalue weighted by Crippen LogP contribution is 2.40. The molecule has 0 saturated carbocycles. The lowest BCUT2D eigenvalue weighted by Gasteiger charge is -2.28. The number of carbonyl (C=O) groups is 2. The van der Waals surface area contributed by atoms with Crippen LogP contribution in [0, 0.1) is 17.0 Å². The first-order valence-corrected chi connectivity index (χ1v) is 11.5. The lowest BCUT2D eigenvalue weighted by atomic mass is 9.96. The maximum Gasteiger partial charge on any atom is 0.295 e. The Morgan fingerprint density at radius 1 is 1.14 bits per heavy atom. The van der Waals surface area contributed by atoms with Crippen molar-refractivity contribution in [2.45, 2.75) is 26.8 Å². The number of carbonyl (C=O) groups excluding carboxylic acids is 2. The Morgan fingerprint density at radius 3 is 2.46 bits per heavy atom. The van der Waals surface area contributed by atoms with Crippen molar-refractivity contribution in [2.24, 2.45) is 0 Å². The number of amides is 1. The zero-order valence-corrected chi connectivity index (χ0v) is 19.8. The average Bonchev–Trinajstić information content (AvgIpc) is 3.32. The highest BCUT2D eigenvalue weighted by molar-refractivity contribution is 6.46. The number of nitro benzene ring substituents is 1. The molecule has 0 radical (unpaired) electrons. The predicted molar refractivity (Wildman–Crippen MR) is 130 cm³/mol. The number of ketones is 1. The molecule has 1 aliphatic heterocycles. The maximum absolute atomic E-state index is 13.3. The maximum atomic E-state index is 13.3. The predicted octanol–water partition coefficient (Wildman–Crippen LogP) is 3.31. The summed E-state index contributed by atoms with van der Waals surface area (Å²) in [7, 11) is 0. The molecule has 0 bridgehead atoms. The topological polar surface area (TPSA) is 121 Å². The SMILES string of the molecule is CCN(CC)CCN1C(=O)C(=O)/C(=C(/O)c2c(C)nc3ccccn23)[C@H]1c1ccc([N+](=O)[O-])cc1. The Balaban J connectivity index is 1.88. The van der Waals surface area contributed by atoms with E-state index >= 15 is 0 Å². The van der Waals surface area contributed by atoms with Crippen LogP contribution in [0.1, 0.15) is 36.8 Å². The first kappa shape index (κ1) is 24.1. The fourth-order valence-electron chi connectivity index (χ4n) is 4.55. The summed E-state index contributed by atoms with van der Waals surface area (Å²) in [4.78, 5) is 45.1. The van der Waals surface area contributed by atoms with Gasteiger partial charge in [0.15, 0.2) is 5.76 Å². The highest BCUT2D eigenvalue weighted by atomic mass is 16.6. The van der Waals surface area contributed by atoms with Crippen LogP contribution in [0.2, 0.25) is 0 Å². The lowest BCUT2D eigenvalue weighted by Crippen LogP contribution is -2.38. The molecule has 0 spiro atoms. The second kappa shape index (κ2) is 9.67. The van der Waals surface area contributed by atoms with Crippen LogP contribution in [-0.2, 0) is 9.59 Å². The number of imidazole rings is 1. The Morgan fingerprint density at radius 2 is 1.83 bits per heavy atom. The summed E-state index contributed by atoms with van der Waals surface area (Å²) >= 11 is 0. The third-order valence-corrected chi connectivity index (χ3v) is 6.44. The summed E-state index contributed by atoms with van der Waals surface area (Å²) in [5.74, 6) is -1.84. The van der Waals surface area contributed by atoms with Gasteiger partial charge in [0.1, 0.15) is 11.3 Å². The number of nitrogens with zero attached hydrogens (tertiary/aromatic N) is 5.